The number of benzene rings is 3. The molecule has 1 N–H and O–H groups in total. The van der Waals surface area contributed by atoms with Crippen molar-refractivity contribution < 1.29 is 26.1 Å². The molecule has 0 saturated carbocycles. The van der Waals surface area contributed by atoms with Gasteiger partial charge in [-0.15, -0.1) is 0 Å². The van der Waals surface area contributed by atoms with Gasteiger partial charge in [0, 0.05) is 11.8 Å². The van der Waals surface area contributed by atoms with Gasteiger partial charge in [0.1, 0.15) is 5.75 Å². The summed E-state index contributed by atoms with van der Waals surface area (Å²) in [6.45, 7) is 1.89. The predicted octanol–water partition coefficient (Wildman–Crippen LogP) is 4.90. The van der Waals surface area contributed by atoms with Crippen molar-refractivity contribution in [1.82, 2.24) is 0 Å². The van der Waals surface area contributed by atoms with Crippen molar-refractivity contribution in [2.24, 2.45) is 4.99 Å². The van der Waals surface area contributed by atoms with Crippen molar-refractivity contribution in [3.63, 3.8) is 0 Å². The minimum absolute atomic E-state index is 0.296. The molecule has 4 heteroatoms. The number of para-hydroxylation sites is 1. The van der Waals surface area contributed by atoms with Crippen molar-refractivity contribution in [2.45, 2.75) is 13.3 Å². The summed E-state index contributed by atoms with van der Waals surface area (Å²) >= 11 is 1.06. The molecule has 3 aromatic carbocycles. The molecule has 0 unspecified atom stereocenters. The van der Waals surface area contributed by atoms with Crippen LogP contribution < -0.4 is 0 Å². The summed E-state index contributed by atoms with van der Waals surface area (Å²) in [6.07, 6.45) is 2.69. The number of aryl methyl sites for hydroxylation is 1. The molecule has 4 rings (SSSR count). The van der Waals surface area contributed by atoms with Gasteiger partial charge >= 0.3 is 21.0 Å². The quantitative estimate of drug-likeness (QED) is 0.513. The van der Waals surface area contributed by atoms with Crippen LogP contribution in [0.25, 0.3) is 11.1 Å². The number of hydrogen-bond donors (Lipinski definition) is 1. The van der Waals surface area contributed by atoms with E-state index >= 15 is 0 Å². The van der Waals surface area contributed by atoms with E-state index in [1.165, 1.54) is 22.3 Å². The Morgan fingerprint density at radius 2 is 1.72 bits per heavy atom. The van der Waals surface area contributed by atoms with Crippen LogP contribution in [-0.2, 0) is 27.5 Å². The second-order valence-corrected chi connectivity index (χ2v) is 5.95. The molecule has 0 radical (unpaired) electrons. The van der Waals surface area contributed by atoms with E-state index in [-0.39, 0.29) is 0 Å². The molecule has 0 amide bonds. The Bertz CT molecular complexity index is 950. The van der Waals surface area contributed by atoms with Gasteiger partial charge in [0.15, 0.2) is 0 Å². The van der Waals surface area contributed by atoms with Gasteiger partial charge in [0.25, 0.3) is 0 Å². The fraction of sp³-hybridized carbons (Fsp3) is 0.0952. The number of nitrogens with zero attached hydrogens (tertiary/aromatic N) is 1. The Balaban J connectivity index is 0.000000880. The van der Waals surface area contributed by atoms with Crippen LogP contribution in [0.3, 0.4) is 0 Å². The fourth-order valence-corrected chi connectivity index (χ4v) is 3.14. The van der Waals surface area contributed by atoms with Crippen LogP contribution >= 0.6 is 0 Å². The van der Waals surface area contributed by atoms with Gasteiger partial charge in [0.2, 0.25) is 0 Å². The number of hydrogen-bond acceptors (Lipinski definition) is 3. The molecule has 0 aromatic heterocycles. The molecule has 25 heavy (non-hydrogen) atoms. The van der Waals surface area contributed by atoms with Crippen molar-refractivity contribution in [3.05, 3.63) is 82.9 Å². The first-order chi connectivity index (χ1) is 12.2. The summed E-state index contributed by atoms with van der Waals surface area (Å²) in [7, 11) is 0. The predicted molar refractivity (Wildman–Crippen MR) is 95.5 cm³/mol. The van der Waals surface area contributed by atoms with Crippen molar-refractivity contribution in [2.75, 3.05) is 0 Å². The zero-order valence-electron chi connectivity index (χ0n) is 13.8. The molecule has 3 nitrogen and oxygen atoms in total. The number of fused-ring (bicyclic) bond motifs is 3. The van der Waals surface area contributed by atoms with Crippen LogP contribution in [0.1, 0.15) is 22.3 Å². The van der Waals surface area contributed by atoms with Crippen LogP contribution in [0.5, 0.6) is 5.75 Å². The monoisotopic (exact) mass is 366 g/mol. The van der Waals surface area contributed by atoms with Gasteiger partial charge in [-0.2, -0.15) is 0 Å². The van der Waals surface area contributed by atoms with E-state index in [1.807, 2.05) is 31.2 Å². The average molecular weight is 366 g/mol. The molecule has 0 bridgehead atoms. The molecule has 0 aliphatic heterocycles. The molecule has 1 aliphatic carbocycles. The molecule has 1 aliphatic rings. The molecule has 0 heterocycles. The molecule has 0 saturated heterocycles. The molecule has 123 valence electrons. The topological polar surface area (TPSA) is 49.7 Å². The van der Waals surface area contributed by atoms with Gasteiger partial charge in [-0.3, -0.25) is 4.99 Å². The van der Waals surface area contributed by atoms with E-state index in [0.29, 0.717) is 5.75 Å². The second-order valence-electron chi connectivity index (χ2n) is 5.95. The van der Waals surface area contributed by atoms with E-state index in [2.05, 4.69) is 41.4 Å². The SMILES string of the molecule is Cc1cccc(C=Nc2ccc3c(c2)Cc2ccccc2-3)c1O.[O]=[V]. The second kappa shape index (κ2) is 7.60. The first kappa shape index (κ1) is 17.3. The van der Waals surface area contributed by atoms with E-state index in [4.69, 9.17) is 3.67 Å². The number of phenolic OH excluding ortho intramolecular Hbond substituents is 1. The van der Waals surface area contributed by atoms with E-state index in [0.717, 1.165) is 40.6 Å². The van der Waals surface area contributed by atoms with E-state index in [9.17, 15) is 5.11 Å². The third kappa shape index (κ3) is 3.48. The van der Waals surface area contributed by atoms with Crippen LogP contribution in [-0.4, -0.2) is 11.3 Å². The Kier molecular flexibility index (Phi) is 5.27. The van der Waals surface area contributed by atoms with Crippen molar-refractivity contribution in [3.8, 4) is 16.9 Å². The Morgan fingerprint density at radius 3 is 2.56 bits per heavy atom. The maximum atomic E-state index is 10.1. The number of aromatic hydroxyl groups is 1. The van der Waals surface area contributed by atoms with Crippen molar-refractivity contribution in [1.29, 1.82) is 0 Å². The maximum absolute atomic E-state index is 10.1. The molecular formula is C21H17NO2V. The standard InChI is InChI=1S/C21H17NO.O.V/c1-14-5-4-7-16(21(14)23)13-22-18-9-10-20-17(12-18)11-15-6-2-3-8-19(15)20;;/h2-10,12-13,23H,11H2,1H3;;. The van der Waals surface area contributed by atoms with Crippen LogP contribution in [0.2, 0.25) is 0 Å². The zero-order chi connectivity index (χ0) is 17.8. The number of aliphatic imine (C=N–C) groups is 1. The summed E-state index contributed by atoms with van der Waals surface area (Å²) in [5, 5.41) is 10.1. The molecule has 0 fully saturated rings. The van der Waals surface area contributed by atoms with Gasteiger partial charge in [-0.25, -0.2) is 0 Å². The van der Waals surface area contributed by atoms with Gasteiger partial charge < -0.3 is 5.11 Å². The summed E-state index contributed by atoms with van der Waals surface area (Å²) in [6, 6.07) is 20.5. The van der Waals surface area contributed by atoms with Crippen LogP contribution in [0, 0.1) is 6.92 Å². The van der Waals surface area contributed by atoms with Crippen LogP contribution in [0.4, 0.5) is 5.69 Å². The normalized spacial score (nSPS) is 11.5. The van der Waals surface area contributed by atoms with Gasteiger partial charge in [0.05, 0.1) is 5.69 Å². The average Bonchev–Trinajstić information content (AvgIpc) is 3.02. The Hall–Kier alpha value is -2.49. The first-order valence-corrected chi connectivity index (χ1v) is 8.51. The summed E-state index contributed by atoms with van der Waals surface area (Å²) in [5.41, 5.74) is 7.84. The molecule has 0 atom stereocenters. The molecular weight excluding hydrogens is 349 g/mol. The summed E-state index contributed by atoms with van der Waals surface area (Å²) in [4.78, 5) is 4.53. The minimum atomic E-state index is 0.296. The number of phenols is 1. The zero-order valence-corrected chi connectivity index (χ0v) is 15.2. The first-order valence-electron chi connectivity index (χ1n) is 7.94. The third-order valence-corrected chi connectivity index (χ3v) is 4.40. The Labute approximate surface area is 156 Å². The number of rotatable bonds is 2. The van der Waals surface area contributed by atoms with Gasteiger partial charge in [-0.05, 0) is 59.4 Å². The third-order valence-electron chi connectivity index (χ3n) is 4.40. The summed E-state index contributed by atoms with van der Waals surface area (Å²) in [5.74, 6) is 0.296. The fourth-order valence-electron chi connectivity index (χ4n) is 3.14. The van der Waals surface area contributed by atoms with Crippen LogP contribution in [0.15, 0.2) is 65.7 Å². The van der Waals surface area contributed by atoms with E-state index in [1.54, 1.807) is 6.21 Å². The van der Waals surface area contributed by atoms with Crippen molar-refractivity contribution >= 4 is 11.9 Å². The molecule has 0 spiro atoms. The van der Waals surface area contributed by atoms with Gasteiger partial charge in [-0.1, -0.05) is 42.5 Å². The summed E-state index contributed by atoms with van der Waals surface area (Å²) < 4.78 is 8.19. The Morgan fingerprint density at radius 1 is 0.960 bits per heavy atom. The molecule has 3 aromatic rings. The van der Waals surface area contributed by atoms with E-state index < -0.39 is 0 Å².